The van der Waals surface area contributed by atoms with Crippen LogP contribution in [0.5, 0.6) is 0 Å². The van der Waals surface area contributed by atoms with Gasteiger partial charge in [0.2, 0.25) is 0 Å². The molecule has 1 aromatic heterocycles. The maximum absolute atomic E-state index is 9.95. The lowest BCUT2D eigenvalue weighted by molar-refractivity contribution is 0.0180. The van der Waals surface area contributed by atoms with Gasteiger partial charge in [0.25, 0.3) is 0 Å². The third-order valence-electron chi connectivity index (χ3n) is 5.17. The van der Waals surface area contributed by atoms with Crippen LogP contribution in [0.1, 0.15) is 37.7 Å². The van der Waals surface area contributed by atoms with Crippen molar-refractivity contribution in [1.29, 1.82) is 0 Å². The van der Waals surface area contributed by atoms with Crippen molar-refractivity contribution in [2.75, 3.05) is 38.7 Å². The summed E-state index contributed by atoms with van der Waals surface area (Å²) in [5.74, 6) is 1.88. The van der Waals surface area contributed by atoms with E-state index in [2.05, 4.69) is 22.0 Å². The Kier molecular flexibility index (Phi) is 4.69. The van der Waals surface area contributed by atoms with Crippen molar-refractivity contribution >= 4 is 5.82 Å². The van der Waals surface area contributed by atoms with Crippen molar-refractivity contribution in [3.05, 3.63) is 23.9 Å². The van der Waals surface area contributed by atoms with Crippen molar-refractivity contribution in [2.24, 2.45) is 11.3 Å². The number of anilines is 1. The number of aromatic nitrogens is 1. The molecule has 1 saturated heterocycles. The van der Waals surface area contributed by atoms with Crippen LogP contribution in [-0.2, 0) is 6.54 Å². The maximum atomic E-state index is 9.95. The lowest BCUT2D eigenvalue weighted by Gasteiger charge is -2.42. The fourth-order valence-corrected chi connectivity index (χ4v) is 3.77. The van der Waals surface area contributed by atoms with E-state index < -0.39 is 0 Å². The van der Waals surface area contributed by atoms with Crippen molar-refractivity contribution in [3.63, 3.8) is 0 Å². The molecule has 1 saturated carbocycles. The Morgan fingerprint density at radius 3 is 2.77 bits per heavy atom. The van der Waals surface area contributed by atoms with E-state index in [4.69, 9.17) is 0 Å². The van der Waals surface area contributed by atoms with Gasteiger partial charge in [0.05, 0.1) is 0 Å². The first-order chi connectivity index (χ1) is 10.6. The molecule has 1 atom stereocenters. The molecular formula is C18H29N3O. The monoisotopic (exact) mass is 303 g/mol. The molecule has 22 heavy (non-hydrogen) atoms. The third kappa shape index (κ3) is 3.79. The zero-order chi connectivity index (χ0) is 15.6. The summed E-state index contributed by atoms with van der Waals surface area (Å²) < 4.78 is 0. The minimum absolute atomic E-state index is 0.149. The van der Waals surface area contributed by atoms with Crippen molar-refractivity contribution < 1.29 is 5.11 Å². The minimum Gasteiger partial charge on any atom is -0.396 e. The van der Waals surface area contributed by atoms with E-state index in [1.165, 1.54) is 37.7 Å². The van der Waals surface area contributed by atoms with Crippen LogP contribution in [0.15, 0.2) is 18.3 Å². The van der Waals surface area contributed by atoms with Crippen LogP contribution in [0.3, 0.4) is 0 Å². The molecule has 1 aliphatic carbocycles. The van der Waals surface area contributed by atoms with Crippen LogP contribution in [0.4, 0.5) is 5.82 Å². The van der Waals surface area contributed by atoms with Gasteiger partial charge >= 0.3 is 0 Å². The predicted molar refractivity (Wildman–Crippen MR) is 89.9 cm³/mol. The maximum Gasteiger partial charge on any atom is 0.127 e. The molecule has 1 N–H and O–H groups in total. The summed E-state index contributed by atoms with van der Waals surface area (Å²) in [5, 5.41) is 9.95. The molecule has 4 heteroatoms. The smallest absolute Gasteiger partial charge is 0.127 e. The van der Waals surface area contributed by atoms with Crippen LogP contribution < -0.4 is 4.90 Å². The van der Waals surface area contributed by atoms with Crippen LogP contribution in [0.25, 0.3) is 0 Å². The van der Waals surface area contributed by atoms with Crippen molar-refractivity contribution in [3.8, 4) is 0 Å². The number of piperidine rings is 1. The molecule has 4 nitrogen and oxygen atoms in total. The number of hydrogen-bond donors (Lipinski definition) is 1. The van der Waals surface area contributed by atoms with E-state index in [9.17, 15) is 5.11 Å². The van der Waals surface area contributed by atoms with Gasteiger partial charge in [0.15, 0.2) is 0 Å². The fraction of sp³-hybridized carbons (Fsp3) is 0.722. The van der Waals surface area contributed by atoms with Crippen molar-refractivity contribution in [1.82, 2.24) is 9.88 Å². The van der Waals surface area contributed by atoms with Gasteiger partial charge in [0.1, 0.15) is 5.82 Å². The van der Waals surface area contributed by atoms with E-state index in [-0.39, 0.29) is 5.41 Å². The number of hydrogen-bond acceptors (Lipinski definition) is 4. The Morgan fingerprint density at radius 1 is 1.36 bits per heavy atom. The molecule has 0 aromatic carbocycles. The summed E-state index contributed by atoms with van der Waals surface area (Å²) in [7, 11) is 4.03. The molecule has 2 aliphatic rings. The molecule has 1 aromatic rings. The molecule has 2 fully saturated rings. The minimum atomic E-state index is 0.149. The lowest BCUT2D eigenvalue weighted by atomic mass is 9.76. The first-order valence-electron chi connectivity index (χ1n) is 8.56. The summed E-state index contributed by atoms with van der Waals surface area (Å²) in [6.07, 6.45) is 8.35. The van der Waals surface area contributed by atoms with Gasteiger partial charge in [-0.05, 0) is 43.4 Å². The summed E-state index contributed by atoms with van der Waals surface area (Å²) in [5.41, 5.74) is 1.42. The van der Waals surface area contributed by atoms with Gasteiger partial charge < -0.3 is 10.0 Å². The molecule has 1 aliphatic heterocycles. The molecular weight excluding hydrogens is 274 g/mol. The Labute approximate surface area is 134 Å². The van der Waals surface area contributed by atoms with Gasteiger partial charge in [0, 0.05) is 45.4 Å². The number of aliphatic hydroxyl groups excluding tert-OH is 1. The molecule has 2 heterocycles. The molecule has 1 unspecified atom stereocenters. The fourth-order valence-electron chi connectivity index (χ4n) is 3.77. The third-order valence-corrected chi connectivity index (χ3v) is 5.17. The van der Waals surface area contributed by atoms with Gasteiger partial charge in [-0.2, -0.15) is 0 Å². The Hall–Kier alpha value is -1.13. The molecule has 0 bridgehead atoms. The number of pyridine rings is 1. The number of rotatable bonds is 6. The van der Waals surface area contributed by atoms with Gasteiger partial charge in [-0.3, -0.25) is 4.90 Å². The van der Waals surface area contributed by atoms with Crippen LogP contribution in [0, 0.1) is 11.3 Å². The second-order valence-electron chi connectivity index (χ2n) is 7.54. The average Bonchev–Trinajstić information content (AvgIpc) is 3.32. The van der Waals surface area contributed by atoms with E-state index >= 15 is 0 Å². The highest BCUT2D eigenvalue weighted by Crippen LogP contribution is 2.44. The first-order valence-corrected chi connectivity index (χ1v) is 8.56. The highest BCUT2D eigenvalue weighted by molar-refractivity contribution is 5.37. The molecule has 0 amide bonds. The molecule has 3 rings (SSSR count). The topological polar surface area (TPSA) is 39.6 Å². The summed E-state index contributed by atoms with van der Waals surface area (Å²) in [6, 6.07) is 4.27. The number of aliphatic hydroxyl groups is 1. The summed E-state index contributed by atoms with van der Waals surface area (Å²) >= 11 is 0. The van der Waals surface area contributed by atoms with Crippen molar-refractivity contribution in [2.45, 2.75) is 38.6 Å². The van der Waals surface area contributed by atoms with Crippen LogP contribution in [-0.4, -0.2) is 48.8 Å². The Balaban J connectivity index is 1.61. The second-order valence-corrected chi connectivity index (χ2v) is 7.54. The number of likely N-dealkylation sites (tertiary alicyclic amines) is 1. The van der Waals surface area contributed by atoms with Crippen LogP contribution >= 0.6 is 0 Å². The standard InChI is InChI=1S/C18H29N3O/c1-20(2)17-7-6-16(11-19-17)12-21-9-3-8-18(13-21,14-22)10-15-4-5-15/h6-7,11,15,22H,3-5,8-10,12-14H2,1-2H3. The van der Waals surface area contributed by atoms with Crippen LogP contribution in [0.2, 0.25) is 0 Å². The molecule has 0 spiro atoms. The van der Waals surface area contributed by atoms with E-state index in [0.717, 1.165) is 31.4 Å². The number of nitrogens with zero attached hydrogens (tertiary/aromatic N) is 3. The second kappa shape index (κ2) is 6.55. The zero-order valence-corrected chi connectivity index (χ0v) is 14.0. The van der Waals surface area contributed by atoms with E-state index in [0.29, 0.717) is 6.61 Å². The van der Waals surface area contributed by atoms with Gasteiger partial charge in [-0.15, -0.1) is 0 Å². The van der Waals surface area contributed by atoms with Gasteiger partial charge in [-0.1, -0.05) is 18.9 Å². The highest BCUT2D eigenvalue weighted by Gasteiger charge is 2.39. The normalized spacial score (nSPS) is 26.1. The summed E-state index contributed by atoms with van der Waals surface area (Å²) in [4.78, 5) is 9.04. The zero-order valence-electron chi connectivity index (χ0n) is 14.0. The Morgan fingerprint density at radius 2 is 2.18 bits per heavy atom. The lowest BCUT2D eigenvalue weighted by Crippen LogP contribution is -2.45. The van der Waals surface area contributed by atoms with E-state index in [1.807, 2.05) is 25.2 Å². The predicted octanol–water partition coefficient (Wildman–Crippen LogP) is 2.52. The SMILES string of the molecule is CN(C)c1ccc(CN2CCCC(CO)(CC3CC3)C2)cn1. The largest absolute Gasteiger partial charge is 0.396 e. The highest BCUT2D eigenvalue weighted by atomic mass is 16.3. The van der Waals surface area contributed by atoms with E-state index in [1.54, 1.807) is 0 Å². The quantitative estimate of drug-likeness (QED) is 0.876. The summed E-state index contributed by atoms with van der Waals surface area (Å²) in [6.45, 7) is 3.47. The molecule has 0 radical (unpaired) electrons. The molecule has 122 valence electrons. The van der Waals surface area contributed by atoms with Gasteiger partial charge in [-0.25, -0.2) is 4.98 Å². The average molecular weight is 303 g/mol. The Bertz CT molecular complexity index is 484. The first kappa shape index (κ1) is 15.8.